The fraction of sp³-hybridized carbons (Fsp3) is 0.143. The average Bonchev–Trinajstić information content (AvgIpc) is 2.06. The molecule has 6 nitrogen and oxygen atoms in total. The number of hydrogen-bond acceptors (Lipinski definition) is 5. The molecule has 1 aromatic carbocycles. The third kappa shape index (κ3) is 2.79. The van der Waals surface area contributed by atoms with Crippen molar-refractivity contribution in [2.45, 2.75) is 0 Å². The lowest BCUT2D eigenvalue weighted by Crippen LogP contribution is -2.10. The van der Waals surface area contributed by atoms with Gasteiger partial charge in [-0.3, -0.25) is 10.6 Å². The summed E-state index contributed by atoms with van der Waals surface area (Å²) >= 11 is 0. The number of hydrazine groups is 1. The number of benzene rings is 1. The summed E-state index contributed by atoms with van der Waals surface area (Å²) < 4.78 is 23.8. The molecule has 0 amide bonds. The summed E-state index contributed by atoms with van der Waals surface area (Å²) in [6, 6.07) is 4.26. The minimum atomic E-state index is -3.38. The number of phenols is 1. The lowest BCUT2D eigenvalue weighted by molar-refractivity contribution is 0.478. The lowest BCUT2D eigenvalue weighted by atomic mass is 10.2. The largest absolute Gasteiger partial charge is 0.506 e. The Hall–Kier alpha value is -1.47. The minimum Gasteiger partial charge on any atom is -0.506 e. The van der Waals surface area contributed by atoms with Crippen molar-refractivity contribution in [1.29, 1.82) is 0 Å². The number of phenolic OH excluding ortho intramolecular Hbond substituents is 1. The summed E-state index contributed by atoms with van der Waals surface area (Å²) in [5.41, 5.74) is 2.93. The molecular formula is C7H11N3O3S. The first kappa shape index (κ1) is 10.6. The number of sulfonamides is 1. The van der Waals surface area contributed by atoms with E-state index in [4.69, 9.17) is 5.84 Å². The molecule has 0 unspecified atom stereocenters. The Morgan fingerprint density at radius 2 is 2.07 bits per heavy atom. The predicted molar refractivity (Wildman–Crippen MR) is 54.4 cm³/mol. The third-order valence-electron chi connectivity index (χ3n) is 1.46. The van der Waals surface area contributed by atoms with Gasteiger partial charge in [0.1, 0.15) is 5.75 Å². The van der Waals surface area contributed by atoms with Gasteiger partial charge in [0.2, 0.25) is 10.0 Å². The zero-order chi connectivity index (χ0) is 10.8. The Balaban J connectivity index is 3.01. The molecular weight excluding hydrogens is 206 g/mol. The molecule has 0 saturated heterocycles. The first-order valence-corrected chi connectivity index (χ1v) is 5.59. The van der Waals surface area contributed by atoms with Gasteiger partial charge in [0.15, 0.2) is 0 Å². The van der Waals surface area contributed by atoms with Gasteiger partial charge in [-0.05, 0) is 12.1 Å². The SMILES string of the molecule is CS(=O)(=O)Nc1ccc(NN)cc1O. The molecule has 0 aliphatic heterocycles. The van der Waals surface area contributed by atoms with Crippen LogP contribution in [-0.4, -0.2) is 19.8 Å². The lowest BCUT2D eigenvalue weighted by Gasteiger charge is -2.07. The van der Waals surface area contributed by atoms with E-state index in [2.05, 4.69) is 10.1 Å². The van der Waals surface area contributed by atoms with E-state index in [-0.39, 0.29) is 11.4 Å². The van der Waals surface area contributed by atoms with Gasteiger partial charge in [-0.25, -0.2) is 8.42 Å². The molecule has 0 aromatic heterocycles. The molecule has 0 spiro atoms. The van der Waals surface area contributed by atoms with Crippen molar-refractivity contribution < 1.29 is 13.5 Å². The van der Waals surface area contributed by atoms with Crippen LogP contribution in [0.1, 0.15) is 0 Å². The zero-order valence-corrected chi connectivity index (χ0v) is 8.30. The van der Waals surface area contributed by atoms with Crippen molar-refractivity contribution in [3.8, 4) is 5.75 Å². The summed E-state index contributed by atoms with van der Waals surface area (Å²) in [7, 11) is -3.38. The highest BCUT2D eigenvalue weighted by Crippen LogP contribution is 2.26. The van der Waals surface area contributed by atoms with Crippen LogP contribution >= 0.6 is 0 Å². The second-order valence-corrected chi connectivity index (χ2v) is 4.50. The van der Waals surface area contributed by atoms with Gasteiger partial charge in [-0.15, -0.1) is 0 Å². The minimum absolute atomic E-state index is 0.117. The first-order chi connectivity index (χ1) is 6.42. The number of aromatic hydroxyl groups is 1. The molecule has 0 bridgehead atoms. The van der Waals surface area contributed by atoms with Gasteiger partial charge in [0.05, 0.1) is 17.6 Å². The molecule has 0 fully saturated rings. The Labute approximate surface area is 81.8 Å². The van der Waals surface area contributed by atoms with Crippen LogP contribution in [0.3, 0.4) is 0 Å². The highest BCUT2D eigenvalue weighted by Gasteiger charge is 2.06. The van der Waals surface area contributed by atoms with Gasteiger partial charge >= 0.3 is 0 Å². The molecule has 14 heavy (non-hydrogen) atoms. The number of nitrogens with one attached hydrogen (secondary N) is 2. The van der Waals surface area contributed by atoms with Crippen LogP contribution in [0.2, 0.25) is 0 Å². The van der Waals surface area contributed by atoms with Crippen LogP contribution < -0.4 is 16.0 Å². The second kappa shape index (κ2) is 3.72. The number of nitrogen functional groups attached to an aromatic ring is 1. The van der Waals surface area contributed by atoms with Crippen molar-refractivity contribution in [2.24, 2.45) is 5.84 Å². The van der Waals surface area contributed by atoms with Gasteiger partial charge in [-0.1, -0.05) is 0 Å². The topological polar surface area (TPSA) is 104 Å². The van der Waals surface area contributed by atoms with Crippen LogP contribution in [0, 0.1) is 0 Å². The van der Waals surface area contributed by atoms with Crippen LogP contribution in [0.4, 0.5) is 11.4 Å². The Bertz CT molecular complexity index is 430. The molecule has 0 heterocycles. The highest BCUT2D eigenvalue weighted by atomic mass is 32.2. The number of hydrogen-bond donors (Lipinski definition) is 4. The van der Waals surface area contributed by atoms with E-state index in [1.807, 2.05) is 0 Å². The monoisotopic (exact) mass is 217 g/mol. The van der Waals surface area contributed by atoms with Gasteiger partial charge < -0.3 is 10.5 Å². The molecule has 5 N–H and O–H groups in total. The van der Waals surface area contributed by atoms with E-state index < -0.39 is 10.0 Å². The van der Waals surface area contributed by atoms with Crippen molar-refractivity contribution in [1.82, 2.24) is 0 Å². The summed E-state index contributed by atoms with van der Waals surface area (Å²) in [6.45, 7) is 0. The van der Waals surface area contributed by atoms with Crippen molar-refractivity contribution >= 4 is 21.4 Å². The fourth-order valence-corrected chi connectivity index (χ4v) is 1.48. The number of nitrogens with two attached hydrogens (primary N) is 1. The van der Waals surface area contributed by atoms with Gasteiger partial charge in [0, 0.05) is 6.07 Å². The van der Waals surface area contributed by atoms with E-state index in [9.17, 15) is 13.5 Å². The zero-order valence-electron chi connectivity index (χ0n) is 7.48. The smallest absolute Gasteiger partial charge is 0.229 e. The molecule has 0 aliphatic rings. The van der Waals surface area contributed by atoms with Gasteiger partial charge in [0.25, 0.3) is 0 Å². The fourth-order valence-electron chi connectivity index (χ4n) is 0.907. The molecule has 1 rings (SSSR count). The van der Waals surface area contributed by atoms with Crippen LogP contribution in [0.15, 0.2) is 18.2 Å². The average molecular weight is 217 g/mol. The van der Waals surface area contributed by atoms with E-state index in [1.54, 1.807) is 0 Å². The summed E-state index contributed by atoms with van der Waals surface area (Å²) in [5, 5.41) is 9.36. The van der Waals surface area contributed by atoms with E-state index in [0.29, 0.717) is 5.69 Å². The normalized spacial score (nSPS) is 11.0. The molecule has 0 atom stereocenters. The molecule has 0 saturated carbocycles. The van der Waals surface area contributed by atoms with Crippen molar-refractivity contribution in [2.75, 3.05) is 16.4 Å². The second-order valence-electron chi connectivity index (χ2n) is 2.75. The van der Waals surface area contributed by atoms with Gasteiger partial charge in [-0.2, -0.15) is 0 Å². The quantitative estimate of drug-likeness (QED) is 0.325. The summed E-state index contributed by atoms with van der Waals surface area (Å²) in [5.74, 6) is 4.91. The molecule has 78 valence electrons. The maximum absolute atomic E-state index is 10.8. The Morgan fingerprint density at radius 1 is 1.43 bits per heavy atom. The van der Waals surface area contributed by atoms with E-state index in [1.165, 1.54) is 18.2 Å². The van der Waals surface area contributed by atoms with Crippen LogP contribution in [0.25, 0.3) is 0 Å². The third-order valence-corrected chi connectivity index (χ3v) is 2.05. The standard InChI is InChI=1S/C7H11N3O3S/c1-14(12,13)10-6-3-2-5(9-8)4-7(6)11/h2-4,9-11H,8H2,1H3. The molecule has 0 aliphatic carbocycles. The Morgan fingerprint density at radius 3 is 2.50 bits per heavy atom. The number of anilines is 2. The summed E-state index contributed by atoms with van der Waals surface area (Å²) in [6.07, 6.45) is 1.00. The van der Waals surface area contributed by atoms with Crippen molar-refractivity contribution in [3.63, 3.8) is 0 Å². The molecule has 7 heteroatoms. The predicted octanol–water partition coefficient (Wildman–Crippen LogP) is 0.0493. The highest BCUT2D eigenvalue weighted by molar-refractivity contribution is 7.92. The number of rotatable bonds is 3. The van der Waals surface area contributed by atoms with Crippen molar-refractivity contribution in [3.05, 3.63) is 18.2 Å². The van der Waals surface area contributed by atoms with Crippen LogP contribution in [-0.2, 0) is 10.0 Å². The maximum atomic E-state index is 10.8. The first-order valence-electron chi connectivity index (χ1n) is 3.70. The van der Waals surface area contributed by atoms with Crippen LogP contribution in [0.5, 0.6) is 5.75 Å². The molecule has 0 radical (unpaired) electrons. The van der Waals surface area contributed by atoms with E-state index >= 15 is 0 Å². The Kier molecular flexibility index (Phi) is 2.82. The van der Waals surface area contributed by atoms with E-state index in [0.717, 1.165) is 6.26 Å². The maximum Gasteiger partial charge on any atom is 0.229 e. The molecule has 1 aromatic rings. The summed E-state index contributed by atoms with van der Waals surface area (Å²) in [4.78, 5) is 0.